The van der Waals surface area contributed by atoms with Crippen LogP contribution in [0.5, 0.6) is 17.2 Å². The summed E-state index contributed by atoms with van der Waals surface area (Å²) in [6.07, 6.45) is 2.05. The summed E-state index contributed by atoms with van der Waals surface area (Å²) in [6, 6.07) is 3.61. The number of allylic oxidation sites excluding steroid dienone is 2. The van der Waals surface area contributed by atoms with E-state index in [0.717, 1.165) is 17.9 Å². The predicted octanol–water partition coefficient (Wildman–Crippen LogP) is 4.50. The molecule has 1 unspecified atom stereocenters. The van der Waals surface area contributed by atoms with Gasteiger partial charge < -0.3 is 24.5 Å². The number of aromatic amines is 1. The van der Waals surface area contributed by atoms with Crippen molar-refractivity contribution < 1.29 is 19.0 Å². The highest BCUT2D eigenvalue weighted by Crippen LogP contribution is 2.50. The number of hydrogen-bond donors (Lipinski definition) is 2. The maximum atomic E-state index is 13.5. The average Bonchev–Trinajstić information content (AvgIpc) is 2.79. The van der Waals surface area contributed by atoms with Gasteiger partial charge in [0.2, 0.25) is 5.75 Å². The fraction of sp³-hybridized carbons (Fsp3) is 0.480. The number of nitrogens with zero attached hydrogens (tertiary/aromatic N) is 1. The maximum Gasteiger partial charge on any atom is 0.257 e. The average molecular weight is 486 g/mol. The summed E-state index contributed by atoms with van der Waals surface area (Å²) < 4.78 is 16.6. The van der Waals surface area contributed by atoms with Gasteiger partial charge in [-0.15, -0.1) is 0 Å². The molecule has 8 nitrogen and oxygen atoms in total. The van der Waals surface area contributed by atoms with Crippen LogP contribution < -0.4 is 25.1 Å². The molecule has 1 aromatic carbocycles. The highest BCUT2D eigenvalue weighted by atomic mass is 32.2. The van der Waals surface area contributed by atoms with Crippen LogP contribution in [0.1, 0.15) is 57.1 Å². The van der Waals surface area contributed by atoms with Gasteiger partial charge >= 0.3 is 0 Å². The van der Waals surface area contributed by atoms with Crippen molar-refractivity contribution in [1.29, 1.82) is 0 Å². The number of carbonyl (C=O) groups excluding carboxylic acids is 1. The number of rotatable bonds is 7. The van der Waals surface area contributed by atoms with Crippen LogP contribution in [0.2, 0.25) is 0 Å². The zero-order valence-electron chi connectivity index (χ0n) is 20.5. The molecule has 1 aliphatic carbocycles. The molecule has 2 heterocycles. The summed E-state index contributed by atoms with van der Waals surface area (Å²) in [4.78, 5) is 34.5. The first-order valence-corrected chi connectivity index (χ1v) is 12.3. The van der Waals surface area contributed by atoms with E-state index in [1.165, 1.54) is 18.9 Å². The third kappa shape index (κ3) is 4.29. The minimum Gasteiger partial charge on any atom is -0.493 e. The van der Waals surface area contributed by atoms with Crippen molar-refractivity contribution in [2.75, 3.05) is 32.4 Å². The first-order valence-electron chi connectivity index (χ1n) is 11.3. The van der Waals surface area contributed by atoms with E-state index in [-0.39, 0.29) is 16.8 Å². The summed E-state index contributed by atoms with van der Waals surface area (Å²) in [7, 11) is 4.63. The van der Waals surface area contributed by atoms with Gasteiger partial charge in [-0.25, -0.2) is 4.98 Å². The molecule has 1 atom stereocenters. The molecule has 0 radical (unpaired) electrons. The van der Waals surface area contributed by atoms with Gasteiger partial charge in [0, 0.05) is 29.4 Å². The topological polar surface area (TPSA) is 103 Å². The number of ketones is 1. The highest BCUT2D eigenvalue weighted by molar-refractivity contribution is 7.99. The third-order valence-corrected chi connectivity index (χ3v) is 7.24. The maximum absolute atomic E-state index is 13.5. The number of ether oxygens (including phenoxy) is 3. The van der Waals surface area contributed by atoms with Gasteiger partial charge in [0.15, 0.2) is 22.4 Å². The zero-order valence-corrected chi connectivity index (χ0v) is 21.3. The molecule has 34 heavy (non-hydrogen) atoms. The first kappa shape index (κ1) is 24.2. The number of benzene rings is 1. The molecule has 4 rings (SSSR count). The largest absolute Gasteiger partial charge is 0.493 e. The zero-order chi connectivity index (χ0) is 24.6. The van der Waals surface area contributed by atoms with Gasteiger partial charge in [-0.1, -0.05) is 32.5 Å². The second-order valence-electron chi connectivity index (χ2n) is 9.33. The van der Waals surface area contributed by atoms with Crippen LogP contribution in [-0.2, 0) is 4.79 Å². The van der Waals surface area contributed by atoms with E-state index in [9.17, 15) is 9.59 Å². The van der Waals surface area contributed by atoms with Gasteiger partial charge in [0.25, 0.3) is 5.56 Å². The monoisotopic (exact) mass is 485 g/mol. The third-order valence-electron chi connectivity index (χ3n) is 6.16. The Labute approximate surface area is 203 Å². The molecular weight excluding hydrogens is 454 g/mol. The van der Waals surface area contributed by atoms with Crippen LogP contribution in [0.15, 0.2) is 33.4 Å². The predicted molar refractivity (Wildman–Crippen MR) is 132 cm³/mol. The molecule has 0 saturated heterocycles. The summed E-state index contributed by atoms with van der Waals surface area (Å²) >= 11 is 1.51. The molecule has 0 fully saturated rings. The number of thioether (sulfide) groups is 1. The van der Waals surface area contributed by atoms with Gasteiger partial charge in [-0.05, 0) is 36.0 Å². The molecule has 2 N–H and O–H groups in total. The Bertz CT molecular complexity index is 1190. The minimum atomic E-state index is -0.606. The summed E-state index contributed by atoms with van der Waals surface area (Å²) in [5.74, 6) is 2.12. The summed E-state index contributed by atoms with van der Waals surface area (Å²) in [5.41, 5.74) is 2.08. The van der Waals surface area contributed by atoms with Gasteiger partial charge in [0.05, 0.1) is 26.9 Å². The van der Waals surface area contributed by atoms with Crippen molar-refractivity contribution in [2.45, 2.75) is 51.1 Å². The van der Waals surface area contributed by atoms with Crippen molar-refractivity contribution in [3.05, 3.63) is 44.9 Å². The molecule has 1 aromatic heterocycles. The molecule has 182 valence electrons. The van der Waals surface area contributed by atoms with Crippen LogP contribution in [0.25, 0.3) is 0 Å². The lowest BCUT2D eigenvalue weighted by Crippen LogP contribution is -2.37. The van der Waals surface area contributed by atoms with Crippen molar-refractivity contribution in [2.24, 2.45) is 5.41 Å². The number of hydrogen-bond acceptors (Lipinski definition) is 8. The molecule has 9 heteroatoms. The lowest BCUT2D eigenvalue weighted by Gasteiger charge is -2.38. The number of methoxy groups -OCH3 is 3. The Kier molecular flexibility index (Phi) is 6.66. The number of aromatic nitrogens is 2. The second-order valence-corrected chi connectivity index (χ2v) is 10.4. The second kappa shape index (κ2) is 9.37. The molecule has 2 aliphatic rings. The first-order chi connectivity index (χ1) is 16.2. The van der Waals surface area contributed by atoms with Gasteiger partial charge in [-0.3, -0.25) is 9.59 Å². The van der Waals surface area contributed by atoms with Crippen LogP contribution in [0.4, 0.5) is 5.82 Å². The summed E-state index contributed by atoms with van der Waals surface area (Å²) in [5, 5.41) is 3.91. The number of fused-ring (bicyclic) bond motifs is 1. The lowest BCUT2D eigenvalue weighted by molar-refractivity contribution is -0.118. The van der Waals surface area contributed by atoms with Crippen molar-refractivity contribution >= 4 is 23.4 Å². The molecule has 0 bridgehead atoms. The van der Waals surface area contributed by atoms with Crippen LogP contribution in [0.3, 0.4) is 0 Å². The lowest BCUT2D eigenvalue weighted by atomic mass is 9.69. The highest BCUT2D eigenvalue weighted by Gasteiger charge is 2.43. The standard InChI is InChI=1S/C25H31N3O5S/c1-7-8-34-24-27-22-20(23(30)28-24)18(19-14(26-22)11-25(2,3)12-15(19)29)13-9-16(31-4)21(33-6)17(10-13)32-5/h9-10,18H,7-8,11-12H2,1-6H3,(H2,26,27,28,30). The minimum absolute atomic E-state index is 0.0204. The van der Waals surface area contributed by atoms with Crippen molar-refractivity contribution in [3.63, 3.8) is 0 Å². The van der Waals surface area contributed by atoms with E-state index in [2.05, 4.69) is 31.1 Å². The van der Waals surface area contributed by atoms with Crippen molar-refractivity contribution in [1.82, 2.24) is 9.97 Å². The van der Waals surface area contributed by atoms with Crippen LogP contribution >= 0.6 is 11.8 Å². The molecule has 0 spiro atoms. The number of nitrogens with one attached hydrogen (secondary N) is 2. The van der Waals surface area contributed by atoms with Gasteiger partial charge in [0.1, 0.15) is 5.82 Å². The van der Waals surface area contributed by atoms with E-state index in [4.69, 9.17) is 19.2 Å². The van der Waals surface area contributed by atoms with E-state index >= 15 is 0 Å². The van der Waals surface area contributed by atoms with Gasteiger partial charge in [-0.2, -0.15) is 0 Å². The molecular formula is C25H31N3O5S. The summed E-state index contributed by atoms with van der Waals surface area (Å²) in [6.45, 7) is 6.23. The fourth-order valence-corrected chi connectivity index (χ4v) is 5.48. The van der Waals surface area contributed by atoms with E-state index < -0.39 is 5.92 Å². The Morgan fingerprint density at radius 1 is 1.09 bits per heavy atom. The van der Waals surface area contributed by atoms with E-state index in [1.807, 2.05) is 0 Å². The Balaban J connectivity index is 1.97. The van der Waals surface area contributed by atoms with Crippen molar-refractivity contribution in [3.8, 4) is 17.2 Å². The SMILES string of the molecule is CCCSc1nc2c(c(=O)[nH]1)C(c1cc(OC)c(OC)c(OC)c1)C1=C(CC(C)(C)CC1=O)N2. The number of anilines is 1. The van der Waals surface area contributed by atoms with Crippen LogP contribution in [-0.4, -0.2) is 42.8 Å². The smallest absolute Gasteiger partial charge is 0.257 e. The number of Topliss-reactive ketones (excluding diaryl/α,β-unsaturated/α-hetero) is 1. The quantitative estimate of drug-likeness (QED) is 0.437. The van der Waals surface area contributed by atoms with Crippen LogP contribution in [0, 0.1) is 5.41 Å². The number of carbonyl (C=O) groups is 1. The Morgan fingerprint density at radius 2 is 1.76 bits per heavy atom. The molecule has 0 saturated carbocycles. The fourth-order valence-electron chi connectivity index (χ4n) is 4.76. The Morgan fingerprint density at radius 3 is 2.35 bits per heavy atom. The molecule has 0 amide bonds. The normalized spacial score (nSPS) is 18.6. The Hall–Kier alpha value is -2.94. The number of H-pyrrole nitrogens is 1. The molecule has 1 aliphatic heterocycles. The molecule has 2 aromatic rings. The van der Waals surface area contributed by atoms with E-state index in [0.29, 0.717) is 57.8 Å². The van der Waals surface area contributed by atoms with E-state index in [1.54, 1.807) is 26.4 Å².